The van der Waals surface area contributed by atoms with E-state index < -0.39 is 11.6 Å². The standard InChI is InChI=1S/C18H19ClN4O3/c1-18(2,3)26-14(24)9-23-8-11-5-4-10(6-12(11)16(23)25)15-13(20)7-21-17(19)22-15/h4-7H,8-9,20H2,1-3H3. The molecule has 0 fully saturated rings. The third-order valence-electron chi connectivity index (χ3n) is 3.79. The summed E-state index contributed by atoms with van der Waals surface area (Å²) in [4.78, 5) is 34.1. The zero-order valence-electron chi connectivity index (χ0n) is 14.7. The van der Waals surface area contributed by atoms with Gasteiger partial charge < -0.3 is 15.4 Å². The number of fused-ring (bicyclic) bond motifs is 1. The summed E-state index contributed by atoms with van der Waals surface area (Å²) >= 11 is 5.84. The first-order valence-corrected chi connectivity index (χ1v) is 8.44. The van der Waals surface area contributed by atoms with E-state index in [2.05, 4.69) is 9.97 Å². The number of ether oxygens (including phenoxy) is 1. The highest BCUT2D eigenvalue weighted by Crippen LogP contribution is 2.30. The zero-order chi connectivity index (χ0) is 19.1. The third-order valence-corrected chi connectivity index (χ3v) is 3.97. The Labute approximate surface area is 156 Å². The quantitative estimate of drug-likeness (QED) is 0.655. The molecule has 1 aromatic carbocycles. The van der Waals surface area contributed by atoms with E-state index in [0.29, 0.717) is 29.1 Å². The molecular formula is C18H19ClN4O3. The lowest BCUT2D eigenvalue weighted by Gasteiger charge is -2.22. The molecular weight excluding hydrogens is 356 g/mol. The van der Waals surface area contributed by atoms with Gasteiger partial charge in [0.1, 0.15) is 12.1 Å². The molecule has 2 heterocycles. The van der Waals surface area contributed by atoms with Crippen molar-refractivity contribution in [3.8, 4) is 11.3 Å². The van der Waals surface area contributed by atoms with Gasteiger partial charge in [-0.15, -0.1) is 0 Å². The minimum Gasteiger partial charge on any atom is -0.459 e. The van der Waals surface area contributed by atoms with Crippen LogP contribution in [0.4, 0.5) is 5.69 Å². The van der Waals surface area contributed by atoms with Gasteiger partial charge >= 0.3 is 5.97 Å². The van der Waals surface area contributed by atoms with Gasteiger partial charge in [0.25, 0.3) is 5.91 Å². The van der Waals surface area contributed by atoms with Crippen molar-refractivity contribution in [3.05, 3.63) is 40.8 Å². The Hall–Kier alpha value is -2.67. The topological polar surface area (TPSA) is 98.4 Å². The SMILES string of the molecule is CC(C)(C)OC(=O)CN1Cc2ccc(-c3nc(Cl)ncc3N)cc2C1=O. The van der Waals surface area contributed by atoms with Crippen LogP contribution in [-0.2, 0) is 16.1 Å². The number of nitrogen functional groups attached to an aromatic ring is 1. The maximum absolute atomic E-state index is 12.7. The highest BCUT2D eigenvalue weighted by atomic mass is 35.5. The van der Waals surface area contributed by atoms with E-state index in [4.69, 9.17) is 22.1 Å². The molecule has 3 rings (SSSR count). The molecule has 136 valence electrons. The summed E-state index contributed by atoms with van der Waals surface area (Å²) in [7, 11) is 0. The van der Waals surface area contributed by atoms with Crippen LogP contribution < -0.4 is 5.73 Å². The Balaban J connectivity index is 1.83. The van der Waals surface area contributed by atoms with Crippen molar-refractivity contribution in [3.63, 3.8) is 0 Å². The number of esters is 1. The number of nitrogens with zero attached hydrogens (tertiary/aromatic N) is 3. The predicted molar refractivity (Wildman–Crippen MR) is 97.5 cm³/mol. The molecule has 0 spiro atoms. The summed E-state index contributed by atoms with van der Waals surface area (Å²) in [6.07, 6.45) is 1.43. The van der Waals surface area contributed by atoms with Crippen LogP contribution in [0.25, 0.3) is 11.3 Å². The molecule has 7 nitrogen and oxygen atoms in total. The second-order valence-corrected chi connectivity index (χ2v) is 7.40. The van der Waals surface area contributed by atoms with Gasteiger partial charge in [-0.05, 0) is 44.0 Å². The number of carbonyl (C=O) groups excluding carboxylic acids is 2. The molecule has 0 bridgehead atoms. The molecule has 2 N–H and O–H groups in total. The van der Waals surface area contributed by atoms with Gasteiger partial charge in [-0.3, -0.25) is 9.59 Å². The molecule has 8 heteroatoms. The normalized spacial score (nSPS) is 13.7. The van der Waals surface area contributed by atoms with Crippen molar-refractivity contribution in [2.75, 3.05) is 12.3 Å². The molecule has 1 amide bonds. The minimum absolute atomic E-state index is 0.0765. The fourth-order valence-corrected chi connectivity index (χ4v) is 2.90. The number of amides is 1. The summed E-state index contributed by atoms with van der Waals surface area (Å²) in [5.74, 6) is -0.669. The van der Waals surface area contributed by atoms with E-state index >= 15 is 0 Å². The Kier molecular flexibility index (Phi) is 4.58. The summed E-state index contributed by atoms with van der Waals surface area (Å²) in [5, 5.41) is 0.0765. The molecule has 1 aliphatic heterocycles. The smallest absolute Gasteiger partial charge is 0.326 e. The van der Waals surface area contributed by atoms with Crippen molar-refractivity contribution in [1.82, 2.24) is 14.9 Å². The van der Waals surface area contributed by atoms with E-state index in [0.717, 1.165) is 5.56 Å². The van der Waals surface area contributed by atoms with Crippen LogP contribution >= 0.6 is 11.6 Å². The number of hydrogen-bond donors (Lipinski definition) is 1. The lowest BCUT2D eigenvalue weighted by molar-refractivity contribution is -0.155. The number of hydrogen-bond acceptors (Lipinski definition) is 6. The minimum atomic E-state index is -0.594. The molecule has 0 atom stereocenters. The number of rotatable bonds is 3. The third kappa shape index (κ3) is 3.77. The highest BCUT2D eigenvalue weighted by molar-refractivity contribution is 6.28. The summed E-state index contributed by atoms with van der Waals surface area (Å²) < 4.78 is 5.29. The Morgan fingerprint density at radius 1 is 1.38 bits per heavy atom. The second kappa shape index (κ2) is 6.57. The van der Waals surface area contributed by atoms with Crippen LogP contribution in [0.3, 0.4) is 0 Å². The number of anilines is 1. The molecule has 0 aliphatic carbocycles. The Morgan fingerprint density at radius 3 is 2.81 bits per heavy atom. The van der Waals surface area contributed by atoms with Crippen LogP contribution in [0.15, 0.2) is 24.4 Å². The molecule has 26 heavy (non-hydrogen) atoms. The highest BCUT2D eigenvalue weighted by Gasteiger charge is 2.30. The molecule has 0 saturated carbocycles. The van der Waals surface area contributed by atoms with Crippen LogP contribution in [0.1, 0.15) is 36.7 Å². The van der Waals surface area contributed by atoms with Crippen LogP contribution in [0.2, 0.25) is 5.28 Å². The Bertz CT molecular complexity index is 892. The first-order chi connectivity index (χ1) is 12.1. The molecule has 1 aliphatic rings. The zero-order valence-corrected chi connectivity index (χ0v) is 15.5. The van der Waals surface area contributed by atoms with Gasteiger partial charge in [0.2, 0.25) is 5.28 Å². The lowest BCUT2D eigenvalue weighted by atomic mass is 10.0. The second-order valence-electron chi connectivity index (χ2n) is 7.06. The van der Waals surface area contributed by atoms with E-state index in [1.165, 1.54) is 11.1 Å². The molecule has 2 aromatic rings. The van der Waals surface area contributed by atoms with Crippen molar-refractivity contribution in [2.24, 2.45) is 0 Å². The van der Waals surface area contributed by atoms with Gasteiger partial charge in [0.05, 0.1) is 17.6 Å². The first-order valence-electron chi connectivity index (χ1n) is 8.06. The van der Waals surface area contributed by atoms with E-state index in [1.807, 2.05) is 12.1 Å². The summed E-state index contributed by atoms with van der Waals surface area (Å²) in [6, 6.07) is 5.35. The number of halogens is 1. The van der Waals surface area contributed by atoms with Gasteiger partial charge in [-0.2, -0.15) is 0 Å². The number of aromatic nitrogens is 2. The van der Waals surface area contributed by atoms with Crippen LogP contribution in [0.5, 0.6) is 0 Å². The predicted octanol–water partition coefficient (Wildman–Crippen LogP) is 2.68. The van der Waals surface area contributed by atoms with Gasteiger partial charge in [0.15, 0.2) is 0 Å². The van der Waals surface area contributed by atoms with Crippen LogP contribution in [0, 0.1) is 0 Å². The lowest BCUT2D eigenvalue weighted by Crippen LogP contribution is -2.35. The average Bonchev–Trinajstić information content (AvgIpc) is 2.83. The molecule has 0 unspecified atom stereocenters. The number of benzene rings is 1. The van der Waals surface area contributed by atoms with Crippen molar-refractivity contribution in [1.29, 1.82) is 0 Å². The number of nitrogens with two attached hydrogens (primary N) is 1. The van der Waals surface area contributed by atoms with E-state index in [9.17, 15) is 9.59 Å². The largest absolute Gasteiger partial charge is 0.459 e. The van der Waals surface area contributed by atoms with Crippen LogP contribution in [-0.4, -0.2) is 38.9 Å². The Morgan fingerprint density at radius 2 is 2.12 bits per heavy atom. The van der Waals surface area contributed by atoms with Gasteiger partial charge in [0, 0.05) is 17.7 Å². The van der Waals surface area contributed by atoms with Gasteiger partial charge in [-0.25, -0.2) is 9.97 Å². The van der Waals surface area contributed by atoms with Crippen molar-refractivity contribution in [2.45, 2.75) is 32.9 Å². The van der Waals surface area contributed by atoms with Crippen molar-refractivity contribution < 1.29 is 14.3 Å². The van der Waals surface area contributed by atoms with E-state index in [1.54, 1.807) is 26.8 Å². The van der Waals surface area contributed by atoms with Crippen molar-refractivity contribution >= 4 is 29.2 Å². The average molecular weight is 375 g/mol. The van der Waals surface area contributed by atoms with Gasteiger partial charge in [-0.1, -0.05) is 12.1 Å². The molecule has 1 aromatic heterocycles. The molecule has 0 saturated heterocycles. The maximum Gasteiger partial charge on any atom is 0.326 e. The molecule has 0 radical (unpaired) electrons. The summed E-state index contributed by atoms with van der Waals surface area (Å²) in [5.41, 5.74) is 8.16. The maximum atomic E-state index is 12.7. The monoisotopic (exact) mass is 374 g/mol. The first kappa shape index (κ1) is 18.1. The number of carbonyl (C=O) groups is 2. The summed E-state index contributed by atoms with van der Waals surface area (Å²) in [6.45, 7) is 5.62. The fraction of sp³-hybridized carbons (Fsp3) is 0.333. The fourth-order valence-electron chi connectivity index (χ4n) is 2.77. The van der Waals surface area contributed by atoms with E-state index in [-0.39, 0.29) is 17.7 Å².